The zero-order valence-corrected chi connectivity index (χ0v) is 18.2. The lowest BCUT2D eigenvalue weighted by Gasteiger charge is -2.46. The number of benzene rings is 1. The quantitative estimate of drug-likeness (QED) is 0.630. The van der Waals surface area contributed by atoms with Crippen molar-refractivity contribution in [3.63, 3.8) is 0 Å². The topological polar surface area (TPSA) is 111 Å². The number of fused-ring (bicyclic) bond motifs is 2. The molecule has 2 aliphatic rings. The number of anilines is 1. The van der Waals surface area contributed by atoms with Gasteiger partial charge in [0.25, 0.3) is 0 Å². The van der Waals surface area contributed by atoms with E-state index < -0.39 is 6.17 Å². The molecular weight excluding hydrogens is 421 g/mol. The first-order chi connectivity index (χ1) is 16.0. The van der Waals surface area contributed by atoms with Gasteiger partial charge < -0.3 is 15.3 Å². The molecule has 2 aromatic heterocycles. The molecule has 168 valence electrons. The zero-order chi connectivity index (χ0) is 22.9. The van der Waals surface area contributed by atoms with E-state index in [4.69, 9.17) is 5.26 Å². The Balaban J connectivity index is 1.34. The summed E-state index contributed by atoms with van der Waals surface area (Å²) >= 11 is 0. The molecular formula is C24H24FN7O. The van der Waals surface area contributed by atoms with Gasteiger partial charge in [-0.15, -0.1) is 10.2 Å². The largest absolute Gasteiger partial charge is 0.507 e. The predicted molar refractivity (Wildman–Crippen MR) is 121 cm³/mol. The molecule has 0 amide bonds. The molecule has 33 heavy (non-hydrogen) atoms. The molecule has 9 heteroatoms. The molecule has 0 unspecified atom stereocenters. The minimum atomic E-state index is -0.949. The number of halogens is 1. The van der Waals surface area contributed by atoms with Gasteiger partial charge in [-0.1, -0.05) is 12.5 Å². The Labute approximate surface area is 191 Å². The number of nitrogens with zero attached hydrogens (tertiary/aromatic N) is 6. The molecule has 2 aliphatic heterocycles. The first-order valence-corrected chi connectivity index (χ1v) is 11.1. The lowest BCUT2D eigenvalue weighted by Crippen LogP contribution is -2.61. The minimum Gasteiger partial charge on any atom is -0.507 e. The van der Waals surface area contributed by atoms with E-state index in [-0.39, 0.29) is 23.5 Å². The van der Waals surface area contributed by atoms with Crippen LogP contribution in [0.15, 0.2) is 42.7 Å². The Bertz CT molecular complexity index is 1180. The molecule has 2 N–H and O–H groups in total. The van der Waals surface area contributed by atoms with Gasteiger partial charge in [0.15, 0.2) is 11.5 Å². The average Bonchev–Trinajstić information content (AvgIpc) is 2.86. The van der Waals surface area contributed by atoms with Gasteiger partial charge in [-0.05, 0) is 43.5 Å². The van der Waals surface area contributed by atoms with Gasteiger partial charge in [-0.25, -0.2) is 9.37 Å². The van der Waals surface area contributed by atoms with Crippen LogP contribution in [0.1, 0.15) is 31.4 Å². The number of piperidine rings is 2. The molecule has 2 saturated heterocycles. The minimum absolute atomic E-state index is 0.0315. The van der Waals surface area contributed by atoms with Gasteiger partial charge in [0.05, 0.1) is 29.8 Å². The van der Waals surface area contributed by atoms with Gasteiger partial charge in [0, 0.05) is 30.3 Å². The maximum atomic E-state index is 15.1. The molecule has 4 atom stereocenters. The summed E-state index contributed by atoms with van der Waals surface area (Å²) in [6.07, 6.45) is 5.71. The molecule has 2 bridgehead atoms. The van der Waals surface area contributed by atoms with Crippen molar-refractivity contribution in [3.05, 3.63) is 48.4 Å². The highest BCUT2D eigenvalue weighted by Gasteiger charge is 2.41. The van der Waals surface area contributed by atoms with Gasteiger partial charge in [-0.3, -0.25) is 4.98 Å². The number of aromatic nitrogens is 4. The van der Waals surface area contributed by atoms with Crippen LogP contribution in [0.5, 0.6) is 5.75 Å². The fourth-order valence-corrected chi connectivity index (χ4v) is 4.82. The van der Waals surface area contributed by atoms with Gasteiger partial charge >= 0.3 is 0 Å². The first kappa shape index (κ1) is 21.2. The Hall–Kier alpha value is -3.64. The molecule has 0 radical (unpaired) electrons. The fraction of sp³-hybridized carbons (Fsp3) is 0.375. The summed E-state index contributed by atoms with van der Waals surface area (Å²) in [6.45, 7) is 0. The van der Waals surface area contributed by atoms with Crippen molar-refractivity contribution in [1.82, 2.24) is 25.5 Å². The van der Waals surface area contributed by atoms with Crippen LogP contribution < -0.4 is 10.2 Å². The predicted octanol–water partition coefficient (Wildman–Crippen LogP) is 3.24. The number of alkyl halides is 1. The van der Waals surface area contributed by atoms with Crippen molar-refractivity contribution in [2.75, 3.05) is 11.9 Å². The summed E-state index contributed by atoms with van der Waals surface area (Å²) in [5.74, 6) is 0.638. The number of hydrogen-bond donors (Lipinski definition) is 2. The van der Waals surface area contributed by atoms with Crippen molar-refractivity contribution in [1.29, 1.82) is 5.26 Å². The number of hydrogen-bond acceptors (Lipinski definition) is 8. The zero-order valence-electron chi connectivity index (χ0n) is 18.2. The van der Waals surface area contributed by atoms with Crippen LogP contribution in [0, 0.1) is 11.3 Å². The van der Waals surface area contributed by atoms with E-state index in [1.165, 1.54) is 12.4 Å². The highest BCUT2D eigenvalue weighted by atomic mass is 19.1. The smallest absolute Gasteiger partial charge is 0.158 e. The van der Waals surface area contributed by atoms with E-state index in [0.29, 0.717) is 34.4 Å². The van der Waals surface area contributed by atoms with Crippen molar-refractivity contribution >= 4 is 5.82 Å². The highest BCUT2D eigenvalue weighted by molar-refractivity contribution is 5.73. The van der Waals surface area contributed by atoms with E-state index >= 15 is 4.39 Å². The molecule has 8 nitrogen and oxygen atoms in total. The van der Waals surface area contributed by atoms with Crippen LogP contribution in [0.25, 0.3) is 22.5 Å². The van der Waals surface area contributed by atoms with Gasteiger partial charge in [0.2, 0.25) is 0 Å². The molecule has 4 heterocycles. The lowest BCUT2D eigenvalue weighted by molar-refractivity contribution is 0.107. The molecule has 0 spiro atoms. The first-order valence-electron chi connectivity index (χ1n) is 11.1. The summed E-state index contributed by atoms with van der Waals surface area (Å²) in [5, 5.41) is 31.5. The van der Waals surface area contributed by atoms with Gasteiger partial charge in [0.1, 0.15) is 18.0 Å². The normalized spacial score (nSPS) is 24.2. The monoisotopic (exact) mass is 445 g/mol. The number of phenols is 1. The maximum absolute atomic E-state index is 15.1. The maximum Gasteiger partial charge on any atom is 0.158 e. The molecule has 1 aromatic carbocycles. The second-order valence-electron chi connectivity index (χ2n) is 8.67. The number of nitrogens with one attached hydrogen (secondary N) is 1. The van der Waals surface area contributed by atoms with Crippen molar-refractivity contribution in [2.24, 2.45) is 0 Å². The third-order valence-corrected chi connectivity index (χ3v) is 6.64. The fourth-order valence-electron chi connectivity index (χ4n) is 4.82. The lowest BCUT2D eigenvalue weighted by atomic mass is 9.82. The van der Waals surface area contributed by atoms with Crippen LogP contribution in [0.4, 0.5) is 10.2 Å². The Morgan fingerprint density at radius 1 is 1.12 bits per heavy atom. The summed E-state index contributed by atoms with van der Waals surface area (Å²) in [4.78, 5) is 10.1. The SMILES string of the molecule is CN(c1ccc(-c2ccc(-c3cnc(C#N)cn3)cc2O)nn1)[C@H]1C[C@@H]2CCC[C@@H](N2)[C@H]1F. The standard InChI is InChI=1S/C24H24FN7O/c1-32(21-10-15-3-2-4-19(29-15)24(21)25)23-8-7-18(30-31-23)17-6-5-14(9-22(17)33)20-13-27-16(11-26)12-28-20/h5-9,12-13,15,19,21,24,29,33H,2-4,10H2,1H3/t15-,19+,21-,24+/m0/s1. The summed E-state index contributed by atoms with van der Waals surface area (Å²) in [5.41, 5.74) is 2.49. The summed E-state index contributed by atoms with van der Waals surface area (Å²) < 4.78 is 15.1. The molecule has 2 fully saturated rings. The van der Waals surface area contributed by atoms with Crippen LogP contribution >= 0.6 is 0 Å². The molecule has 5 rings (SSSR count). The summed E-state index contributed by atoms with van der Waals surface area (Å²) in [6, 6.07) is 10.7. The van der Waals surface area contributed by atoms with Crippen molar-refractivity contribution < 1.29 is 9.50 Å². The third-order valence-electron chi connectivity index (χ3n) is 6.64. The van der Waals surface area contributed by atoms with Crippen LogP contribution in [0.2, 0.25) is 0 Å². The molecule has 0 aliphatic carbocycles. The van der Waals surface area contributed by atoms with E-state index in [0.717, 1.165) is 25.7 Å². The van der Waals surface area contributed by atoms with Crippen LogP contribution in [-0.4, -0.2) is 56.6 Å². The Kier molecular flexibility index (Phi) is 5.60. The Morgan fingerprint density at radius 2 is 2.00 bits per heavy atom. The highest BCUT2D eigenvalue weighted by Crippen LogP contribution is 2.34. The van der Waals surface area contributed by atoms with Crippen molar-refractivity contribution in [2.45, 2.75) is 50.0 Å². The molecule has 3 aromatic rings. The van der Waals surface area contributed by atoms with E-state index in [1.54, 1.807) is 24.3 Å². The number of phenolic OH excluding ortho intramolecular Hbond substituents is 1. The van der Waals surface area contributed by atoms with Crippen LogP contribution in [-0.2, 0) is 0 Å². The third kappa shape index (κ3) is 4.10. The van der Waals surface area contributed by atoms with Crippen molar-refractivity contribution in [3.8, 4) is 34.3 Å². The van der Waals surface area contributed by atoms with E-state index in [1.807, 2.05) is 24.1 Å². The van der Waals surface area contributed by atoms with E-state index in [2.05, 4.69) is 25.5 Å². The average molecular weight is 446 g/mol. The molecule has 0 saturated carbocycles. The van der Waals surface area contributed by atoms with E-state index in [9.17, 15) is 5.11 Å². The summed E-state index contributed by atoms with van der Waals surface area (Å²) in [7, 11) is 1.87. The number of nitriles is 1. The van der Waals surface area contributed by atoms with Crippen LogP contribution in [0.3, 0.4) is 0 Å². The second-order valence-corrected chi connectivity index (χ2v) is 8.67. The van der Waals surface area contributed by atoms with Gasteiger partial charge in [-0.2, -0.15) is 5.26 Å². The second kappa shape index (κ2) is 8.71. The number of rotatable bonds is 4. The Morgan fingerprint density at radius 3 is 2.70 bits per heavy atom. The number of aromatic hydroxyl groups is 1.